The third-order valence-electron chi connectivity index (χ3n) is 11.0. The van der Waals surface area contributed by atoms with Crippen molar-refractivity contribution in [2.75, 3.05) is 75.8 Å². The SMILES string of the molecule is CCN1CCN(c2ccc3cc(-c4cc5ccccn5n4)c(=O)oc3c2)CC1.CN1CCCN(c2ccc3cc(-c4cc5ccccn5n4)c(=O)oc3c2)CC1. The van der Waals surface area contributed by atoms with Crippen molar-refractivity contribution in [2.24, 2.45) is 0 Å². The summed E-state index contributed by atoms with van der Waals surface area (Å²) in [4.78, 5) is 34.8. The molecule has 56 heavy (non-hydrogen) atoms. The molecular formula is C44H44N8O4. The highest BCUT2D eigenvalue weighted by molar-refractivity contribution is 5.85. The number of anilines is 2. The zero-order chi connectivity index (χ0) is 38.2. The van der Waals surface area contributed by atoms with E-state index in [1.807, 2.05) is 97.3 Å². The molecule has 0 N–H and O–H groups in total. The quantitative estimate of drug-likeness (QED) is 0.181. The molecule has 0 unspecified atom stereocenters. The Bertz CT molecular complexity index is 2730. The molecule has 2 saturated heterocycles. The van der Waals surface area contributed by atoms with Crippen molar-refractivity contribution < 1.29 is 8.83 Å². The minimum Gasteiger partial charge on any atom is -0.422 e. The number of nitrogens with zero attached hydrogens (tertiary/aromatic N) is 8. The van der Waals surface area contributed by atoms with Gasteiger partial charge in [-0.05, 0) is 99.4 Å². The maximum atomic E-state index is 12.7. The average Bonchev–Trinajstić information content (AvgIpc) is 3.80. The van der Waals surface area contributed by atoms with Gasteiger partial charge >= 0.3 is 11.3 Å². The summed E-state index contributed by atoms with van der Waals surface area (Å²) in [5.41, 5.74) is 6.84. The first kappa shape index (κ1) is 35.5. The molecule has 0 radical (unpaired) electrons. The predicted molar refractivity (Wildman–Crippen MR) is 222 cm³/mol. The maximum absolute atomic E-state index is 12.7. The van der Waals surface area contributed by atoms with Gasteiger partial charge in [0.15, 0.2) is 0 Å². The van der Waals surface area contributed by atoms with Crippen molar-refractivity contribution in [1.82, 2.24) is 29.0 Å². The molecule has 0 bridgehead atoms. The molecule has 0 spiro atoms. The second kappa shape index (κ2) is 15.1. The van der Waals surface area contributed by atoms with Crippen LogP contribution in [0, 0.1) is 0 Å². The van der Waals surface area contributed by atoms with Crippen LogP contribution in [0.4, 0.5) is 11.4 Å². The van der Waals surface area contributed by atoms with Crippen molar-refractivity contribution in [3.8, 4) is 22.5 Å². The summed E-state index contributed by atoms with van der Waals surface area (Å²) >= 11 is 0. The molecule has 284 valence electrons. The Labute approximate surface area is 323 Å². The normalized spacial score (nSPS) is 15.8. The van der Waals surface area contributed by atoms with E-state index in [2.05, 4.69) is 55.9 Å². The summed E-state index contributed by atoms with van der Waals surface area (Å²) in [7, 11) is 2.16. The lowest BCUT2D eigenvalue weighted by Crippen LogP contribution is -2.46. The maximum Gasteiger partial charge on any atom is 0.345 e. The number of likely N-dealkylation sites (N-methyl/N-ethyl adjacent to an activating group) is 2. The van der Waals surface area contributed by atoms with Crippen LogP contribution in [-0.4, -0.2) is 95.0 Å². The van der Waals surface area contributed by atoms with Crippen LogP contribution >= 0.6 is 0 Å². The highest BCUT2D eigenvalue weighted by atomic mass is 16.4. The first-order valence-corrected chi connectivity index (χ1v) is 19.3. The molecule has 12 heteroatoms. The molecule has 0 atom stereocenters. The molecule has 8 heterocycles. The Morgan fingerprint density at radius 1 is 0.571 bits per heavy atom. The van der Waals surface area contributed by atoms with Crippen LogP contribution in [0.5, 0.6) is 0 Å². The standard InChI is InChI=1S/2C22H22N4O2/c1-24-8-4-9-25(12-11-24)17-7-6-16-13-19(22(27)28-21(16)15-17)20-14-18-5-2-3-10-26(18)23-20;1-2-24-9-11-25(12-10-24)17-7-6-16-13-19(22(27)28-21(16)15-17)20-14-18-5-3-4-8-26(18)23-20/h2-3,5-7,10,13-15H,4,8-9,11-12H2,1H3;3-8,13-15H,2,9-12H2,1H3. The van der Waals surface area contributed by atoms with E-state index in [4.69, 9.17) is 8.83 Å². The molecule has 0 amide bonds. The number of pyridine rings is 2. The van der Waals surface area contributed by atoms with Gasteiger partial charge in [0, 0.05) is 92.5 Å². The monoisotopic (exact) mass is 748 g/mol. The van der Waals surface area contributed by atoms with Crippen LogP contribution in [0.2, 0.25) is 0 Å². The Morgan fingerprint density at radius 3 is 1.61 bits per heavy atom. The molecule has 0 aliphatic carbocycles. The summed E-state index contributed by atoms with van der Waals surface area (Å²) in [6, 6.07) is 31.4. The van der Waals surface area contributed by atoms with Gasteiger partial charge in [0.25, 0.3) is 0 Å². The van der Waals surface area contributed by atoms with Gasteiger partial charge in [-0.15, -0.1) is 0 Å². The zero-order valence-electron chi connectivity index (χ0n) is 31.7. The van der Waals surface area contributed by atoms with Crippen LogP contribution in [0.25, 0.3) is 55.5 Å². The molecule has 0 saturated carbocycles. The van der Waals surface area contributed by atoms with Gasteiger partial charge < -0.3 is 28.4 Å². The van der Waals surface area contributed by atoms with Crippen molar-refractivity contribution in [3.63, 3.8) is 0 Å². The van der Waals surface area contributed by atoms with Gasteiger partial charge in [0.2, 0.25) is 0 Å². The van der Waals surface area contributed by atoms with E-state index in [9.17, 15) is 9.59 Å². The fourth-order valence-corrected chi connectivity index (χ4v) is 7.72. The summed E-state index contributed by atoms with van der Waals surface area (Å²) in [5.74, 6) is 0. The number of hydrogen-bond donors (Lipinski definition) is 0. The van der Waals surface area contributed by atoms with E-state index in [0.717, 1.165) is 98.5 Å². The van der Waals surface area contributed by atoms with Gasteiger partial charge in [-0.3, -0.25) is 0 Å². The minimum absolute atomic E-state index is 0.358. The van der Waals surface area contributed by atoms with E-state index >= 15 is 0 Å². The first-order chi connectivity index (χ1) is 27.4. The third kappa shape index (κ3) is 7.16. The number of hydrogen-bond acceptors (Lipinski definition) is 10. The average molecular weight is 749 g/mol. The highest BCUT2D eigenvalue weighted by Crippen LogP contribution is 2.28. The second-order valence-electron chi connectivity index (χ2n) is 14.6. The molecular weight excluding hydrogens is 705 g/mol. The molecule has 2 aliphatic heterocycles. The van der Waals surface area contributed by atoms with Crippen molar-refractivity contribution in [3.05, 3.63) is 130 Å². The van der Waals surface area contributed by atoms with Crippen LogP contribution in [-0.2, 0) is 0 Å². The van der Waals surface area contributed by atoms with Crippen LogP contribution < -0.4 is 21.1 Å². The first-order valence-electron chi connectivity index (χ1n) is 19.3. The summed E-state index contributed by atoms with van der Waals surface area (Å²) < 4.78 is 14.9. The number of benzene rings is 2. The second-order valence-corrected chi connectivity index (χ2v) is 14.6. The largest absolute Gasteiger partial charge is 0.422 e. The number of fused-ring (bicyclic) bond motifs is 4. The van der Waals surface area contributed by atoms with E-state index in [1.54, 1.807) is 9.03 Å². The van der Waals surface area contributed by atoms with E-state index in [1.165, 1.54) is 0 Å². The van der Waals surface area contributed by atoms with Gasteiger partial charge in [-0.25, -0.2) is 18.6 Å². The lowest BCUT2D eigenvalue weighted by Gasteiger charge is -2.35. The fraction of sp³-hybridized carbons (Fsp3) is 0.273. The summed E-state index contributed by atoms with van der Waals surface area (Å²) in [6.45, 7) is 11.5. The predicted octanol–water partition coefficient (Wildman–Crippen LogP) is 6.50. The van der Waals surface area contributed by atoms with Gasteiger partial charge in [0.1, 0.15) is 22.6 Å². The molecule has 8 aromatic rings. The van der Waals surface area contributed by atoms with Crippen molar-refractivity contribution in [2.45, 2.75) is 13.3 Å². The highest BCUT2D eigenvalue weighted by Gasteiger charge is 2.19. The van der Waals surface area contributed by atoms with Gasteiger partial charge in [-0.1, -0.05) is 19.1 Å². The van der Waals surface area contributed by atoms with Crippen LogP contribution in [0.3, 0.4) is 0 Å². The number of rotatable bonds is 5. The van der Waals surface area contributed by atoms with E-state index < -0.39 is 0 Å². The molecule has 2 fully saturated rings. The molecule has 2 aliphatic rings. The van der Waals surface area contributed by atoms with E-state index in [-0.39, 0.29) is 11.3 Å². The molecule has 6 aromatic heterocycles. The molecule has 12 nitrogen and oxygen atoms in total. The number of piperazine rings is 1. The Kier molecular flexibility index (Phi) is 9.58. The summed E-state index contributed by atoms with van der Waals surface area (Å²) in [5, 5.41) is 10.8. The van der Waals surface area contributed by atoms with Gasteiger partial charge in [-0.2, -0.15) is 10.2 Å². The summed E-state index contributed by atoms with van der Waals surface area (Å²) in [6.07, 6.45) is 4.86. The van der Waals surface area contributed by atoms with Crippen LogP contribution in [0.1, 0.15) is 13.3 Å². The van der Waals surface area contributed by atoms with E-state index in [0.29, 0.717) is 33.7 Å². The Balaban J connectivity index is 0.000000146. The number of aromatic nitrogens is 4. The Hall–Kier alpha value is -6.24. The molecule has 2 aromatic carbocycles. The molecule has 10 rings (SSSR count). The Morgan fingerprint density at radius 2 is 1.09 bits per heavy atom. The third-order valence-corrected chi connectivity index (χ3v) is 11.0. The lowest BCUT2D eigenvalue weighted by atomic mass is 10.1. The van der Waals surface area contributed by atoms with Gasteiger partial charge in [0.05, 0.1) is 22.2 Å². The smallest absolute Gasteiger partial charge is 0.345 e. The van der Waals surface area contributed by atoms with Crippen molar-refractivity contribution in [1.29, 1.82) is 0 Å². The van der Waals surface area contributed by atoms with Crippen molar-refractivity contribution >= 4 is 44.3 Å². The minimum atomic E-state index is -0.358. The fourth-order valence-electron chi connectivity index (χ4n) is 7.72. The zero-order valence-corrected chi connectivity index (χ0v) is 31.7. The van der Waals surface area contributed by atoms with Crippen LogP contribution in [0.15, 0.2) is 128 Å². The lowest BCUT2D eigenvalue weighted by molar-refractivity contribution is 0.271. The topological polar surface area (TPSA) is 108 Å².